The molecule has 1 aliphatic rings. The van der Waals surface area contributed by atoms with Crippen molar-refractivity contribution in [2.24, 2.45) is 17.2 Å². The van der Waals surface area contributed by atoms with E-state index in [1.54, 1.807) is 0 Å². The van der Waals surface area contributed by atoms with Crippen molar-refractivity contribution in [3.05, 3.63) is 69.5 Å². The number of rotatable bonds is 3. The van der Waals surface area contributed by atoms with E-state index >= 15 is 0 Å². The Balaban J connectivity index is 1.70. The second kappa shape index (κ2) is 9.32. The number of nitrogens with two attached hydrogens (primary N) is 3. The zero-order valence-electron chi connectivity index (χ0n) is 17.7. The van der Waals surface area contributed by atoms with Gasteiger partial charge in [0.05, 0.1) is 19.6 Å². The largest absolute Gasteiger partial charge is 0.454 e. The first-order chi connectivity index (χ1) is 15.9. The van der Waals surface area contributed by atoms with E-state index in [4.69, 9.17) is 30.5 Å². The molecule has 0 atom stereocenters. The monoisotopic (exact) mass is 456 g/mol. The number of hydrogen-bond acceptors (Lipinski definition) is 9. The summed E-state index contributed by atoms with van der Waals surface area (Å²) in [5, 5.41) is 8.01. The third kappa shape index (κ3) is 4.53. The molecule has 0 aromatic carbocycles. The van der Waals surface area contributed by atoms with E-state index in [0.29, 0.717) is 34.0 Å². The van der Waals surface area contributed by atoms with Crippen LogP contribution in [0.2, 0.25) is 0 Å². The number of nitrogens with one attached hydrogen (secondary N) is 3. The number of carbonyl (C=O) groups excluding carboxylic acids is 3. The topological polar surface area (TPSA) is 205 Å². The molecule has 0 radical (unpaired) electrons. The first kappa shape index (κ1) is 22.3. The Hall–Kier alpha value is -3.87. The molecule has 1 aliphatic heterocycles. The van der Waals surface area contributed by atoms with Crippen LogP contribution < -0.4 is 33.2 Å². The third-order valence-corrected chi connectivity index (χ3v) is 5.25. The van der Waals surface area contributed by atoms with Gasteiger partial charge in [0.15, 0.2) is 17.3 Å². The molecule has 0 fully saturated rings. The fourth-order valence-electron chi connectivity index (χ4n) is 3.45. The van der Waals surface area contributed by atoms with Crippen LogP contribution in [0.3, 0.4) is 0 Å². The third-order valence-electron chi connectivity index (χ3n) is 5.25. The van der Waals surface area contributed by atoms with Gasteiger partial charge in [0.1, 0.15) is 17.3 Å². The Morgan fingerprint density at radius 3 is 1.09 bits per heavy atom. The van der Waals surface area contributed by atoms with Gasteiger partial charge in [-0.2, -0.15) is 0 Å². The summed E-state index contributed by atoms with van der Waals surface area (Å²) < 4.78 is 16.9. The second-order valence-electron chi connectivity index (χ2n) is 7.34. The van der Waals surface area contributed by atoms with Crippen molar-refractivity contribution in [2.45, 2.75) is 39.3 Å². The van der Waals surface area contributed by atoms with Crippen molar-refractivity contribution in [3.8, 4) is 0 Å². The number of amides is 3. The first-order valence-corrected chi connectivity index (χ1v) is 10.2. The maximum Gasteiger partial charge on any atom is 0.287 e. The minimum atomic E-state index is -0.517. The lowest BCUT2D eigenvalue weighted by Gasteiger charge is -2.05. The van der Waals surface area contributed by atoms with Crippen LogP contribution in [0.15, 0.2) is 31.5 Å². The molecule has 0 aliphatic carbocycles. The van der Waals surface area contributed by atoms with E-state index < -0.39 is 17.7 Å². The molecular formula is C21H24N6O6. The Bertz CT molecular complexity index is 1060. The van der Waals surface area contributed by atoms with Gasteiger partial charge in [-0.3, -0.25) is 14.4 Å². The highest BCUT2D eigenvalue weighted by molar-refractivity contribution is 5.93. The molecule has 0 unspecified atom stereocenters. The van der Waals surface area contributed by atoms with Crippen LogP contribution >= 0.6 is 0 Å². The van der Waals surface area contributed by atoms with E-state index in [0.717, 1.165) is 0 Å². The maximum atomic E-state index is 12.6. The highest BCUT2D eigenvalue weighted by atomic mass is 16.4. The summed E-state index contributed by atoms with van der Waals surface area (Å²) in [6.07, 6.45) is 0. The molecule has 6 bridgehead atoms. The van der Waals surface area contributed by atoms with Crippen LogP contribution in [-0.4, -0.2) is 17.7 Å². The Morgan fingerprint density at radius 2 is 0.848 bits per heavy atom. The molecule has 12 nitrogen and oxygen atoms in total. The number of hydrogen-bond donors (Lipinski definition) is 6. The van der Waals surface area contributed by atoms with Crippen molar-refractivity contribution < 1.29 is 27.6 Å². The molecular weight excluding hydrogens is 432 g/mol. The van der Waals surface area contributed by atoms with Crippen molar-refractivity contribution >= 4 is 17.7 Å². The van der Waals surface area contributed by atoms with Crippen molar-refractivity contribution in [1.82, 2.24) is 16.0 Å². The van der Waals surface area contributed by atoms with Crippen molar-refractivity contribution in [3.63, 3.8) is 0 Å². The van der Waals surface area contributed by atoms with Crippen molar-refractivity contribution in [1.29, 1.82) is 0 Å². The summed E-state index contributed by atoms with van der Waals surface area (Å²) in [6, 6.07) is 4.52. The van der Waals surface area contributed by atoms with Crippen LogP contribution in [0, 0.1) is 0 Å². The summed E-state index contributed by atoms with van der Waals surface area (Å²) >= 11 is 0. The molecule has 33 heavy (non-hydrogen) atoms. The van der Waals surface area contributed by atoms with Gasteiger partial charge in [-0.05, 0) is 18.2 Å². The maximum absolute atomic E-state index is 12.6. The average Bonchev–Trinajstić information content (AvgIpc) is 3.54. The number of furan rings is 3. The Morgan fingerprint density at radius 1 is 0.576 bits per heavy atom. The molecule has 4 heterocycles. The Kier molecular flexibility index (Phi) is 6.31. The van der Waals surface area contributed by atoms with E-state index in [2.05, 4.69) is 16.0 Å². The number of fused-ring (bicyclic) bond motifs is 6. The van der Waals surface area contributed by atoms with E-state index in [1.807, 2.05) is 0 Å². The van der Waals surface area contributed by atoms with E-state index in [9.17, 15) is 14.4 Å². The van der Waals surface area contributed by atoms with Crippen LogP contribution in [0.4, 0.5) is 0 Å². The minimum Gasteiger partial charge on any atom is -0.454 e. The fraction of sp³-hybridized carbons (Fsp3) is 0.286. The van der Waals surface area contributed by atoms with Crippen LogP contribution in [0.25, 0.3) is 0 Å². The van der Waals surface area contributed by atoms with Gasteiger partial charge in [0.2, 0.25) is 0 Å². The normalized spacial score (nSPS) is 14.8. The zero-order chi connectivity index (χ0) is 23.5. The molecule has 174 valence electrons. The molecule has 12 heteroatoms. The van der Waals surface area contributed by atoms with Gasteiger partial charge < -0.3 is 46.4 Å². The van der Waals surface area contributed by atoms with Gasteiger partial charge in [-0.15, -0.1) is 0 Å². The van der Waals surface area contributed by atoms with E-state index in [-0.39, 0.29) is 56.5 Å². The Labute approximate surface area is 187 Å². The molecule has 0 spiro atoms. The quantitative estimate of drug-likeness (QED) is 0.312. The number of carbonyl (C=O) groups is 3. The fourth-order valence-corrected chi connectivity index (χ4v) is 3.45. The van der Waals surface area contributed by atoms with Crippen molar-refractivity contribution in [2.75, 3.05) is 0 Å². The van der Waals surface area contributed by atoms with Gasteiger partial charge in [-0.1, -0.05) is 0 Å². The van der Waals surface area contributed by atoms with Gasteiger partial charge >= 0.3 is 0 Å². The highest BCUT2D eigenvalue weighted by Crippen LogP contribution is 2.20. The molecule has 3 aromatic heterocycles. The highest BCUT2D eigenvalue weighted by Gasteiger charge is 2.22. The van der Waals surface area contributed by atoms with Crippen LogP contribution in [0.5, 0.6) is 0 Å². The summed E-state index contributed by atoms with van der Waals surface area (Å²) in [6.45, 7) is 0.289. The lowest BCUT2D eigenvalue weighted by atomic mass is 10.2. The molecule has 3 amide bonds. The molecule has 3 aromatic rings. The second-order valence-corrected chi connectivity index (χ2v) is 7.34. The zero-order valence-corrected chi connectivity index (χ0v) is 17.7. The van der Waals surface area contributed by atoms with Crippen LogP contribution in [-0.2, 0) is 39.3 Å². The summed E-state index contributed by atoms with van der Waals surface area (Å²) in [4.78, 5) is 37.8. The molecule has 4 rings (SSSR count). The summed E-state index contributed by atoms with van der Waals surface area (Å²) in [5.41, 5.74) is 19.0. The first-order valence-electron chi connectivity index (χ1n) is 10.2. The summed E-state index contributed by atoms with van der Waals surface area (Å²) in [5.74, 6) is -0.457. The van der Waals surface area contributed by atoms with Gasteiger partial charge in [0, 0.05) is 36.3 Å². The standard InChI is InChI=1S/C21H24N6O6/c22-4-10-1-13-19(28)25-8-17-11(5-23)2-15(32-17)21(30)27-9-18-12(6-24)3-14(33-18)20(29)26-7-16(10)31-13/h1-3H,4-9,22-24H2,(H,25,28)(H,26,29)(H,27,30). The van der Waals surface area contributed by atoms with Gasteiger partial charge in [-0.25, -0.2) is 0 Å². The minimum absolute atomic E-state index is 0.0117. The molecule has 9 N–H and O–H groups in total. The lowest BCUT2D eigenvalue weighted by Crippen LogP contribution is -2.24. The SMILES string of the molecule is NCc1cc2oc1CNC(=O)c1cc(CN)c(o1)CNC(=O)c1cc(CN)c(o1)CNC2=O. The summed E-state index contributed by atoms with van der Waals surface area (Å²) in [7, 11) is 0. The van der Waals surface area contributed by atoms with Gasteiger partial charge in [0.25, 0.3) is 17.7 Å². The van der Waals surface area contributed by atoms with E-state index in [1.165, 1.54) is 18.2 Å². The predicted octanol–water partition coefficient (Wildman–Crippen LogP) is -0.0549. The average molecular weight is 456 g/mol. The smallest absolute Gasteiger partial charge is 0.287 e. The predicted molar refractivity (Wildman–Crippen MR) is 113 cm³/mol. The molecule has 0 saturated heterocycles. The lowest BCUT2D eigenvalue weighted by molar-refractivity contribution is 0.0911. The van der Waals surface area contributed by atoms with Crippen LogP contribution in [0.1, 0.15) is 65.6 Å². The molecule has 0 saturated carbocycles.